The van der Waals surface area contributed by atoms with Crippen molar-refractivity contribution >= 4 is 45.0 Å². The monoisotopic (exact) mass is 364 g/mol. The van der Waals surface area contributed by atoms with Crippen LogP contribution in [0.4, 0.5) is 0 Å². The molecule has 1 heterocycles. The lowest BCUT2D eigenvalue weighted by molar-refractivity contribution is 0.0645. The Balaban J connectivity index is 1.99. The summed E-state index contributed by atoms with van der Waals surface area (Å²) in [6, 6.07) is 5.02. The van der Waals surface area contributed by atoms with Crippen LogP contribution in [0.3, 0.4) is 0 Å². The average Bonchev–Trinajstić information content (AvgIpc) is 2.42. The number of rotatable bonds is 3. The zero-order valence-corrected chi connectivity index (χ0v) is 13.5. The van der Waals surface area contributed by atoms with Crippen molar-refractivity contribution in [2.45, 2.75) is 0 Å². The smallest absolute Gasteiger partial charge is 0.253 e. The predicted octanol–water partition coefficient (Wildman–Crippen LogP) is 3.15. The van der Waals surface area contributed by atoms with E-state index < -0.39 is 0 Å². The van der Waals surface area contributed by atoms with Crippen LogP contribution in [0.1, 0.15) is 10.4 Å². The normalized spacial score (nSPS) is 16.7. The Kier molecular flexibility index (Phi) is 5.51. The lowest BCUT2D eigenvalue weighted by Crippen LogP contribution is -2.49. The van der Waals surface area contributed by atoms with Gasteiger partial charge in [-0.2, -0.15) is 0 Å². The van der Waals surface area contributed by atoms with E-state index in [9.17, 15) is 4.79 Å². The van der Waals surface area contributed by atoms with Gasteiger partial charge in [0.25, 0.3) is 5.91 Å². The van der Waals surface area contributed by atoms with Gasteiger partial charge in [-0.15, -0.1) is 0 Å². The number of amides is 1. The fraction of sp³-hybridized carbons (Fsp3) is 0.462. The summed E-state index contributed by atoms with van der Waals surface area (Å²) in [7, 11) is 0. The Morgan fingerprint density at radius 3 is 2.42 bits per heavy atom. The summed E-state index contributed by atoms with van der Waals surface area (Å²) in [5.74, 6) is 0.0251. The Hall–Kier alpha value is -0.290. The van der Waals surface area contributed by atoms with Crippen LogP contribution < -0.4 is 0 Å². The van der Waals surface area contributed by atoms with Crippen molar-refractivity contribution in [3.8, 4) is 0 Å². The van der Waals surface area contributed by atoms with Gasteiger partial charge >= 0.3 is 0 Å². The first-order chi connectivity index (χ1) is 9.11. The first kappa shape index (κ1) is 15.1. The molecule has 0 saturated carbocycles. The van der Waals surface area contributed by atoms with Gasteiger partial charge in [-0.05, 0) is 18.2 Å². The number of alkyl halides is 1. The van der Waals surface area contributed by atoms with E-state index in [1.54, 1.807) is 18.2 Å². The number of carbonyl (C=O) groups excluding carboxylic acids is 1. The third kappa shape index (κ3) is 3.85. The van der Waals surface area contributed by atoms with Crippen LogP contribution in [0.25, 0.3) is 0 Å². The molecule has 0 atom stereocenters. The number of piperazine rings is 1. The van der Waals surface area contributed by atoms with Crippen molar-refractivity contribution < 1.29 is 4.79 Å². The Bertz CT molecular complexity index is 462. The second-order valence-electron chi connectivity index (χ2n) is 4.45. The average molecular weight is 366 g/mol. The van der Waals surface area contributed by atoms with E-state index >= 15 is 0 Å². The highest BCUT2D eigenvalue weighted by Crippen LogP contribution is 2.23. The molecule has 1 aromatic rings. The Morgan fingerprint density at radius 1 is 1.16 bits per heavy atom. The largest absolute Gasteiger partial charge is 0.336 e. The minimum Gasteiger partial charge on any atom is -0.336 e. The van der Waals surface area contributed by atoms with Crippen molar-refractivity contribution in [3.05, 3.63) is 33.8 Å². The highest BCUT2D eigenvalue weighted by atomic mass is 79.9. The number of hydrogen-bond acceptors (Lipinski definition) is 2. The molecule has 19 heavy (non-hydrogen) atoms. The molecule has 2 rings (SSSR count). The third-order valence-electron chi connectivity index (χ3n) is 3.23. The van der Waals surface area contributed by atoms with Gasteiger partial charge < -0.3 is 4.90 Å². The molecule has 0 aromatic heterocycles. The highest BCUT2D eigenvalue weighted by molar-refractivity contribution is 9.09. The van der Waals surface area contributed by atoms with Gasteiger partial charge in [-0.3, -0.25) is 9.69 Å². The van der Waals surface area contributed by atoms with Crippen LogP contribution in [-0.2, 0) is 0 Å². The van der Waals surface area contributed by atoms with E-state index in [4.69, 9.17) is 23.2 Å². The van der Waals surface area contributed by atoms with Crippen LogP contribution in [0.2, 0.25) is 10.0 Å². The molecule has 0 N–H and O–H groups in total. The van der Waals surface area contributed by atoms with Gasteiger partial charge in [-0.25, -0.2) is 0 Å². The van der Waals surface area contributed by atoms with E-state index in [2.05, 4.69) is 20.8 Å². The van der Waals surface area contributed by atoms with Crippen LogP contribution >= 0.6 is 39.1 Å². The summed E-state index contributed by atoms with van der Waals surface area (Å²) < 4.78 is 0. The van der Waals surface area contributed by atoms with Gasteiger partial charge in [0.1, 0.15) is 0 Å². The third-order valence-corrected chi connectivity index (χ3v) is 4.32. The first-order valence-corrected chi connectivity index (χ1v) is 8.02. The lowest BCUT2D eigenvalue weighted by atomic mass is 10.2. The highest BCUT2D eigenvalue weighted by Gasteiger charge is 2.22. The number of nitrogens with zero attached hydrogens (tertiary/aromatic N) is 2. The van der Waals surface area contributed by atoms with Crippen molar-refractivity contribution in [3.63, 3.8) is 0 Å². The summed E-state index contributed by atoms with van der Waals surface area (Å²) in [6.07, 6.45) is 0. The maximum atomic E-state index is 12.3. The molecule has 0 radical (unpaired) electrons. The van der Waals surface area contributed by atoms with Crippen LogP contribution in [-0.4, -0.2) is 53.8 Å². The van der Waals surface area contributed by atoms with E-state index in [0.29, 0.717) is 15.6 Å². The van der Waals surface area contributed by atoms with Crippen LogP contribution in [0, 0.1) is 0 Å². The fourth-order valence-corrected chi connectivity index (χ4v) is 2.91. The molecule has 3 nitrogen and oxygen atoms in total. The molecule has 0 spiro atoms. The molecule has 1 amide bonds. The molecule has 1 aromatic carbocycles. The van der Waals surface area contributed by atoms with Gasteiger partial charge in [0.05, 0.1) is 10.0 Å². The maximum absolute atomic E-state index is 12.3. The Morgan fingerprint density at radius 2 is 1.84 bits per heavy atom. The SMILES string of the molecule is O=C(c1ccc(Cl)c(Cl)c1)N1CCN(CCBr)CC1. The minimum atomic E-state index is 0.0251. The quantitative estimate of drug-likeness (QED) is 0.768. The van der Waals surface area contributed by atoms with Crippen molar-refractivity contribution in [1.29, 1.82) is 0 Å². The summed E-state index contributed by atoms with van der Waals surface area (Å²) >= 11 is 15.2. The molecular weight excluding hydrogens is 351 g/mol. The number of carbonyl (C=O) groups is 1. The van der Waals surface area contributed by atoms with Gasteiger partial charge in [0.2, 0.25) is 0 Å². The number of benzene rings is 1. The number of hydrogen-bond donors (Lipinski definition) is 0. The number of halogens is 3. The van der Waals surface area contributed by atoms with E-state index in [1.807, 2.05) is 4.90 Å². The Labute approximate surface area is 131 Å². The molecule has 1 aliphatic heterocycles. The minimum absolute atomic E-state index is 0.0251. The van der Waals surface area contributed by atoms with Crippen LogP contribution in [0.15, 0.2) is 18.2 Å². The van der Waals surface area contributed by atoms with Crippen molar-refractivity contribution in [2.24, 2.45) is 0 Å². The molecule has 6 heteroatoms. The summed E-state index contributed by atoms with van der Waals surface area (Å²) in [5, 5.41) is 1.86. The molecular formula is C13H15BrCl2N2O. The molecule has 1 saturated heterocycles. The van der Waals surface area contributed by atoms with Crippen molar-refractivity contribution in [2.75, 3.05) is 38.1 Å². The predicted molar refractivity (Wildman–Crippen MR) is 82.6 cm³/mol. The summed E-state index contributed by atoms with van der Waals surface area (Å²) in [5.41, 5.74) is 0.600. The van der Waals surface area contributed by atoms with Gasteiger partial charge in [-0.1, -0.05) is 39.1 Å². The molecule has 1 aliphatic rings. The van der Waals surface area contributed by atoms with Gasteiger partial charge in [0, 0.05) is 43.6 Å². The van der Waals surface area contributed by atoms with E-state index in [1.165, 1.54) is 0 Å². The zero-order chi connectivity index (χ0) is 13.8. The second kappa shape index (κ2) is 6.93. The zero-order valence-electron chi connectivity index (χ0n) is 10.4. The molecule has 0 bridgehead atoms. The molecule has 104 valence electrons. The molecule has 0 aliphatic carbocycles. The van der Waals surface area contributed by atoms with E-state index in [-0.39, 0.29) is 5.91 Å². The first-order valence-electron chi connectivity index (χ1n) is 6.14. The van der Waals surface area contributed by atoms with Crippen LogP contribution in [0.5, 0.6) is 0 Å². The van der Waals surface area contributed by atoms with Gasteiger partial charge in [0.15, 0.2) is 0 Å². The molecule has 1 fully saturated rings. The lowest BCUT2D eigenvalue weighted by Gasteiger charge is -2.34. The summed E-state index contributed by atoms with van der Waals surface area (Å²) in [6.45, 7) is 4.37. The fourth-order valence-electron chi connectivity index (χ4n) is 2.11. The second-order valence-corrected chi connectivity index (χ2v) is 6.06. The van der Waals surface area contributed by atoms with E-state index in [0.717, 1.165) is 38.1 Å². The van der Waals surface area contributed by atoms with Crippen molar-refractivity contribution in [1.82, 2.24) is 9.80 Å². The standard InChI is InChI=1S/C13H15BrCl2N2O/c14-3-4-17-5-7-18(8-6-17)13(19)10-1-2-11(15)12(16)9-10/h1-2,9H,3-8H2. The maximum Gasteiger partial charge on any atom is 0.253 e. The molecule has 0 unspecified atom stereocenters. The topological polar surface area (TPSA) is 23.6 Å². The summed E-state index contributed by atoms with van der Waals surface area (Å²) in [4.78, 5) is 16.5.